The summed E-state index contributed by atoms with van der Waals surface area (Å²) < 4.78 is 14.4. The molecular weight excluding hydrogens is 312 g/mol. The number of hydrogen-bond acceptors (Lipinski definition) is 3. The Kier molecular flexibility index (Phi) is 3.54. The molecule has 0 aliphatic heterocycles. The van der Waals surface area contributed by atoms with Crippen LogP contribution in [0, 0.1) is 5.82 Å². The van der Waals surface area contributed by atoms with Gasteiger partial charge in [-0.1, -0.05) is 11.6 Å². The fraction of sp³-hybridized carbons (Fsp3) is 0.100. The largest absolute Gasteiger partial charge is 0.294 e. The zero-order valence-corrected chi connectivity index (χ0v) is 10.7. The molecule has 17 heavy (non-hydrogen) atoms. The van der Waals surface area contributed by atoms with Gasteiger partial charge in [0.2, 0.25) is 0 Å². The fourth-order valence-corrected chi connectivity index (χ4v) is 1.75. The van der Waals surface area contributed by atoms with E-state index in [1.54, 1.807) is 0 Å². The van der Waals surface area contributed by atoms with Crippen LogP contribution in [0.3, 0.4) is 0 Å². The lowest BCUT2D eigenvalue weighted by Crippen LogP contribution is -2.22. The summed E-state index contributed by atoms with van der Waals surface area (Å²) in [5.74, 6) is -0.448. The van der Waals surface area contributed by atoms with Crippen LogP contribution in [-0.2, 0) is 6.54 Å². The number of halogens is 3. The van der Waals surface area contributed by atoms with E-state index in [4.69, 9.17) is 11.6 Å². The summed E-state index contributed by atoms with van der Waals surface area (Å²) >= 11 is 8.71. The van der Waals surface area contributed by atoms with Gasteiger partial charge in [0.25, 0.3) is 5.56 Å². The van der Waals surface area contributed by atoms with Gasteiger partial charge in [-0.15, -0.1) is 0 Å². The molecule has 0 N–H and O–H groups in total. The third kappa shape index (κ3) is 2.70. The van der Waals surface area contributed by atoms with Gasteiger partial charge in [-0.05, 0) is 27.6 Å². The topological polar surface area (TPSA) is 47.8 Å². The Labute approximate surface area is 109 Å². The molecule has 0 saturated carbocycles. The number of hydrogen-bond donors (Lipinski definition) is 0. The lowest BCUT2D eigenvalue weighted by Gasteiger charge is -2.05. The summed E-state index contributed by atoms with van der Waals surface area (Å²) in [4.78, 5) is 19.3. The first-order valence-electron chi connectivity index (χ1n) is 4.58. The minimum atomic E-state index is -0.448. The summed E-state index contributed by atoms with van der Waals surface area (Å²) in [7, 11) is 0. The van der Waals surface area contributed by atoms with Crippen molar-refractivity contribution < 1.29 is 4.39 Å². The van der Waals surface area contributed by atoms with Crippen molar-refractivity contribution in [3.63, 3.8) is 0 Å². The monoisotopic (exact) mass is 317 g/mol. The molecule has 0 unspecified atom stereocenters. The molecule has 0 fully saturated rings. The van der Waals surface area contributed by atoms with E-state index in [2.05, 4.69) is 25.9 Å². The molecule has 4 nitrogen and oxygen atoms in total. The van der Waals surface area contributed by atoms with Crippen molar-refractivity contribution in [2.75, 3.05) is 0 Å². The summed E-state index contributed by atoms with van der Waals surface area (Å²) in [5, 5.41) is 0.101. The normalized spacial score (nSPS) is 10.5. The zero-order chi connectivity index (χ0) is 12.4. The van der Waals surface area contributed by atoms with Crippen LogP contribution in [0.4, 0.5) is 4.39 Å². The Morgan fingerprint density at radius 1 is 1.47 bits per heavy atom. The highest BCUT2D eigenvalue weighted by molar-refractivity contribution is 9.10. The molecule has 2 aromatic heterocycles. The Hall–Kier alpha value is -1.27. The first-order chi connectivity index (χ1) is 8.08. The van der Waals surface area contributed by atoms with Crippen LogP contribution in [0.5, 0.6) is 0 Å². The van der Waals surface area contributed by atoms with E-state index in [0.29, 0.717) is 5.56 Å². The van der Waals surface area contributed by atoms with Gasteiger partial charge >= 0.3 is 0 Å². The minimum Gasteiger partial charge on any atom is -0.294 e. The van der Waals surface area contributed by atoms with Crippen LogP contribution < -0.4 is 5.56 Å². The van der Waals surface area contributed by atoms with Crippen molar-refractivity contribution >= 4 is 27.5 Å². The maximum absolute atomic E-state index is 12.9. The predicted octanol–water partition coefficient (Wildman–Crippen LogP) is 2.24. The van der Waals surface area contributed by atoms with E-state index in [-0.39, 0.29) is 21.7 Å². The van der Waals surface area contributed by atoms with Crippen molar-refractivity contribution in [3.8, 4) is 0 Å². The van der Waals surface area contributed by atoms with Crippen LogP contribution in [0.2, 0.25) is 5.15 Å². The SMILES string of the molecule is O=c1c(Br)c(Cl)ncn1Cc1cncc(F)c1. The minimum absolute atomic E-state index is 0.101. The van der Waals surface area contributed by atoms with Gasteiger partial charge < -0.3 is 0 Å². The molecule has 0 aromatic carbocycles. The smallest absolute Gasteiger partial charge is 0.269 e. The van der Waals surface area contributed by atoms with Crippen molar-refractivity contribution in [2.24, 2.45) is 0 Å². The second-order valence-electron chi connectivity index (χ2n) is 3.29. The van der Waals surface area contributed by atoms with E-state index in [9.17, 15) is 9.18 Å². The Bertz CT molecular complexity index is 617. The number of rotatable bonds is 2. The highest BCUT2D eigenvalue weighted by Gasteiger charge is 2.07. The molecule has 88 valence electrons. The molecule has 0 atom stereocenters. The van der Waals surface area contributed by atoms with Crippen molar-refractivity contribution in [3.05, 3.63) is 56.1 Å². The second kappa shape index (κ2) is 4.93. The summed E-state index contributed by atoms with van der Waals surface area (Å²) in [6.45, 7) is 0.187. The predicted molar refractivity (Wildman–Crippen MR) is 64.5 cm³/mol. The number of pyridine rings is 1. The third-order valence-electron chi connectivity index (χ3n) is 2.05. The molecule has 0 aliphatic rings. The van der Waals surface area contributed by atoms with Crippen LogP contribution >= 0.6 is 27.5 Å². The first-order valence-corrected chi connectivity index (χ1v) is 5.75. The molecule has 2 rings (SSSR count). The molecular formula is C10H6BrClFN3O. The van der Waals surface area contributed by atoms with Gasteiger partial charge in [-0.3, -0.25) is 14.3 Å². The third-order valence-corrected chi connectivity index (χ3v) is 3.28. The van der Waals surface area contributed by atoms with Gasteiger partial charge in [0.1, 0.15) is 10.3 Å². The van der Waals surface area contributed by atoms with Gasteiger partial charge in [0.15, 0.2) is 5.15 Å². The summed E-state index contributed by atoms with van der Waals surface area (Å²) in [6, 6.07) is 1.31. The zero-order valence-electron chi connectivity index (χ0n) is 8.40. The van der Waals surface area contributed by atoms with E-state index in [1.165, 1.54) is 23.2 Å². The van der Waals surface area contributed by atoms with E-state index >= 15 is 0 Å². The quantitative estimate of drug-likeness (QED) is 0.798. The van der Waals surface area contributed by atoms with Crippen molar-refractivity contribution in [2.45, 2.75) is 6.54 Å². The molecule has 0 saturated heterocycles. The average Bonchev–Trinajstić information content (AvgIpc) is 2.30. The Balaban J connectivity index is 2.37. The lowest BCUT2D eigenvalue weighted by atomic mass is 10.3. The first kappa shape index (κ1) is 12.2. The molecule has 2 aromatic rings. The van der Waals surface area contributed by atoms with E-state index in [1.807, 2.05) is 0 Å². The second-order valence-corrected chi connectivity index (χ2v) is 4.44. The van der Waals surface area contributed by atoms with Crippen LogP contribution in [-0.4, -0.2) is 14.5 Å². The van der Waals surface area contributed by atoms with Gasteiger partial charge in [0.05, 0.1) is 19.1 Å². The summed E-state index contributed by atoms with van der Waals surface area (Å²) in [6.07, 6.45) is 3.89. The van der Waals surface area contributed by atoms with Crippen LogP contribution in [0.15, 0.2) is 34.1 Å². The molecule has 0 bridgehead atoms. The Morgan fingerprint density at radius 2 is 2.24 bits per heavy atom. The standard InChI is InChI=1S/C10H6BrClFN3O/c11-8-9(12)15-5-16(10(8)17)4-6-1-7(13)3-14-2-6/h1-3,5H,4H2. The van der Waals surface area contributed by atoms with Crippen molar-refractivity contribution in [1.29, 1.82) is 0 Å². The van der Waals surface area contributed by atoms with E-state index < -0.39 is 5.82 Å². The highest BCUT2D eigenvalue weighted by atomic mass is 79.9. The summed E-state index contributed by atoms with van der Waals surface area (Å²) in [5.41, 5.74) is 0.248. The maximum atomic E-state index is 12.9. The molecule has 0 spiro atoms. The molecule has 0 radical (unpaired) electrons. The van der Waals surface area contributed by atoms with Crippen LogP contribution in [0.25, 0.3) is 0 Å². The fourth-order valence-electron chi connectivity index (χ4n) is 1.30. The van der Waals surface area contributed by atoms with Crippen molar-refractivity contribution in [1.82, 2.24) is 14.5 Å². The van der Waals surface area contributed by atoms with Crippen LogP contribution in [0.1, 0.15) is 5.56 Å². The van der Waals surface area contributed by atoms with E-state index in [0.717, 1.165) is 6.20 Å². The van der Waals surface area contributed by atoms with Gasteiger partial charge in [-0.25, -0.2) is 9.37 Å². The highest BCUT2D eigenvalue weighted by Crippen LogP contribution is 2.14. The maximum Gasteiger partial charge on any atom is 0.269 e. The lowest BCUT2D eigenvalue weighted by molar-refractivity contribution is 0.614. The molecule has 0 amide bonds. The Morgan fingerprint density at radius 3 is 2.94 bits per heavy atom. The molecule has 2 heterocycles. The number of nitrogens with zero attached hydrogens (tertiary/aromatic N) is 3. The average molecular weight is 319 g/mol. The van der Waals surface area contributed by atoms with Gasteiger partial charge in [0, 0.05) is 6.20 Å². The number of aromatic nitrogens is 3. The molecule has 0 aliphatic carbocycles. The van der Waals surface area contributed by atoms with Gasteiger partial charge in [-0.2, -0.15) is 0 Å². The molecule has 7 heteroatoms.